The number of nitrogens with one attached hydrogen (secondary N) is 2. The van der Waals surface area contributed by atoms with Gasteiger partial charge in [0, 0.05) is 19.0 Å². The molecule has 6 nitrogen and oxygen atoms in total. The van der Waals surface area contributed by atoms with E-state index in [4.69, 9.17) is 9.47 Å². The normalized spacial score (nSPS) is 10.0. The van der Waals surface area contributed by atoms with Crippen molar-refractivity contribution in [3.63, 3.8) is 0 Å². The molecule has 2 N–H and O–H groups in total. The molecule has 2 aromatic rings. The van der Waals surface area contributed by atoms with Crippen molar-refractivity contribution in [2.24, 2.45) is 0 Å². The van der Waals surface area contributed by atoms with Crippen LogP contribution in [0.2, 0.25) is 0 Å². The summed E-state index contributed by atoms with van der Waals surface area (Å²) in [6.45, 7) is 1.43. The highest BCUT2D eigenvalue weighted by Gasteiger charge is 2.10. The van der Waals surface area contributed by atoms with Gasteiger partial charge in [-0.25, -0.2) is 0 Å². The topological polar surface area (TPSA) is 76.7 Å². The third-order valence-electron chi connectivity index (χ3n) is 3.57. The number of hydrogen-bond donors (Lipinski definition) is 2. The number of aryl methyl sites for hydroxylation is 1. The van der Waals surface area contributed by atoms with Gasteiger partial charge >= 0.3 is 0 Å². The second-order valence-corrected chi connectivity index (χ2v) is 5.50. The van der Waals surface area contributed by atoms with E-state index in [1.54, 1.807) is 25.3 Å². The standard InChI is InChI=1S/C19H22N2O4/c1-13(22)20-15-8-9-18(25-3)17(12-15)21-19(23)10-7-14-5-4-6-16(11-14)24-2/h4-6,8-9,11-12H,7,10H2,1-3H3,(H,20,22)(H,21,23). The van der Waals surface area contributed by atoms with Crippen LogP contribution in [-0.2, 0) is 16.0 Å². The molecule has 6 heteroatoms. The van der Waals surface area contributed by atoms with E-state index in [0.717, 1.165) is 11.3 Å². The van der Waals surface area contributed by atoms with Gasteiger partial charge in [0.1, 0.15) is 11.5 Å². The lowest BCUT2D eigenvalue weighted by molar-refractivity contribution is -0.116. The highest BCUT2D eigenvalue weighted by Crippen LogP contribution is 2.28. The molecule has 132 valence electrons. The van der Waals surface area contributed by atoms with E-state index in [1.165, 1.54) is 14.0 Å². The third-order valence-corrected chi connectivity index (χ3v) is 3.57. The maximum Gasteiger partial charge on any atom is 0.224 e. The van der Waals surface area contributed by atoms with Crippen molar-refractivity contribution >= 4 is 23.2 Å². The van der Waals surface area contributed by atoms with E-state index in [-0.39, 0.29) is 11.8 Å². The Balaban J connectivity index is 2.02. The van der Waals surface area contributed by atoms with Gasteiger partial charge in [-0.05, 0) is 42.3 Å². The van der Waals surface area contributed by atoms with Gasteiger partial charge in [0.25, 0.3) is 0 Å². The molecule has 0 unspecified atom stereocenters. The van der Waals surface area contributed by atoms with E-state index < -0.39 is 0 Å². The maximum atomic E-state index is 12.3. The number of anilines is 2. The van der Waals surface area contributed by atoms with Crippen LogP contribution in [0.15, 0.2) is 42.5 Å². The molecule has 25 heavy (non-hydrogen) atoms. The largest absolute Gasteiger partial charge is 0.497 e. The summed E-state index contributed by atoms with van der Waals surface area (Å²) in [5.41, 5.74) is 2.13. The lowest BCUT2D eigenvalue weighted by Gasteiger charge is -2.12. The summed E-state index contributed by atoms with van der Waals surface area (Å²) in [5.74, 6) is 0.980. The molecule has 0 aliphatic heterocycles. The molecule has 0 atom stereocenters. The van der Waals surface area contributed by atoms with Gasteiger partial charge in [-0.1, -0.05) is 12.1 Å². The van der Waals surface area contributed by atoms with Crippen LogP contribution in [0.5, 0.6) is 11.5 Å². The fourth-order valence-electron chi connectivity index (χ4n) is 2.39. The lowest BCUT2D eigenvalue weighted by Crippen LogP contribution is -2.14. The monoisotopic (exact) mass is 342 g/mol. The molecule has 2 amide bonds. The number of rotatable bonds is 7. The van der Waals surface area contributed by atoms with Gasteiger partial charge in [-0.15, -0.1) is 0 Å². The maximum absolute atomic E-state index is 12.3. The van der Waals surface area contributed by atoms with Crippen LogP contribution in [0, 0.1) is 0 Å². The molecule has 0 spiro atoms. The molecular formula is C19H22N2O4. The van der Waals surface area contributed by atoms with Crippen molar-refractivity contribution in [1.29, 1.82) is 0 Å². The number of carbonyl (C=O) groups is 2. The Bertz CT molecular complexity index is 759. The predicted octanol–water partition coefficient (Wildman–Crippen LogP) is 3.23. The first-order valence-electron chi connectivity index (χ1n) is 7.90. The van der Waals surface area contributed by atoms with Crippen molar-refractivity contribution in [3.05, 3.63) is 48.0 Å². The number of hydrogen-bond acceptors (Lipinski definition) is 4. The third kappa shape index (κ3) is 5.53. The summed E-state index contributed by atoms with van der Waals surface area (Å²) in [6, 6.07) is 12.7. The number of methoxy groups -OCH3 is 2. The molecule has 0 saturated carbocycles. The Morgan fingerprint density at radius 2 is 1.80 bits per heavy atom. The fraction of sp³-hybridized carbons (Fsp3) is 0.263. The predicted molar refractivity (Wildman–Crippen MR) is 97.2 cm³/mol. The van der Waals surface area contributed by atoms with E-state index in [2.05, 4.69) is 10.6 Å². The van der Waals surface area contributed by atoms with E-state index >= 15 is 0 Å². The number of amides is 2. The van der Waals surface area contributed by atoms with Crippen molar-refractivity contribution in [1.82, 2.24) is 0 Å². The van der Waals surface area contributed by atoms with Crippen LogP contribution in [0.3, 0.4) is 0 Å². The molecule has 0 aliphatic carbocycles. The van der Waals surface area contributed by atoms with Gasteiger partial charge in [0.2, 0.25) is 11.8 Å². The zero-order chi connectivity index (χ0) is 18.2. The smallest absolute Gasteiger partial charge is 0.224 e. The molecule has 0 bridgehead atoms. The Kier molecular flexibility index (Phi) is 6.39. The van der Waals surface area contributed by atoms with E-state index in [9.17, 15) is 9.59 Å². The van der Waals surface area contributed by atoms with Gasteiger partial charge in [-0.2, -0.15) is 0 Å². The zero-order valence-corrected chi connectivity index (χ0v) is 14.6. The Morgan fingerprint density at radius 3 is 2.48 bits per heavy atom. The minimum Gasteiger partial charge on any atom is -0.497 e. The molecule has 0 radical (unpaired) electrons. The van der Waals surface area contributed by atoms with Gasteiger partial charge in [-0.3, -0.25) is 9.59 Å². The minimum absolute atomic E-state index is 0.138. The van der Waals surface area contributed by atoms with Crippen LogP contribution >= 0.6 is 0 Å². The van der Waals surface area contributed by atoms with Crippen LogP contribution in [-0.4, -0.2) is 26.0 Å². The molecule has 2 rings (SSSR count). The van der Waals surface area contributed by atoms with Crippen LogP contribution in [0.1, 0.15) is 18.9 Å². The van der Waals surface area contributed by atoms with Crippen molar-refractivity contribution < 1.29 is 19.1 Å². The number of benzene rings is 2. The zero-order valence-electron chi connectivity index (χ0n) is 14.6. The molecule has 0 fully saturated rings. The second-order valence-electron chi connectivity index (χ2n) is 5.50. The summed E-state index contributed by atoms with van der Waals surface area (Å²) < 4.78 is 10.4. The first kappa shape index (κ1) is 18.3. The van der Waals surface area contributed by atoms with Crippen molar-refractivity contribution in [2.75, 3.05) is 24.9 Å². The lowest BCUT2D eigenvalue weighted by atomic mass is 10.1. The van der Waals surface area contributed by atoms with Gasteiger partial charge in [0.15, 0.2) is 0 Å². The van der Waals surface area contributed by atoms with Crippen LogP contribution in [0.4, 0.5) is 11.4 Å². The first-order chi connectivity index (χ1) is 12.0. The van der Waals surface area contributed by atoms with E-state index in [0.29, 0.717) is 30.0 Å². The molecule has 2 aromatic carbocycles. The summed E-state index contributed by atoms with van der Waals surface area (Å²) >= 11 is 0. The molecule has 0 saturated heterocycles. The number of ether oxygens (including phenoxy) is 2. The van der Waals surface area contributed by atoms with Crippen LogP contribution < -0.4 is 20.1 Å². The molecule has 0 heterocycles. The van der Waals surface area contributed by atoms with E-state index in [1.807, 2.05) is 24.3 Å². The Hall–Kier alpha value is -3.02. The van der Waals surface area contributed by atoms with Gasteiger partial charge in [0.05, 0.1) is 19.9 Å². The molecule has 0 aromatic heterocycles. The fourth-order valence-corrected chi connectivity index (χ4v) is 2.39. The Labute approximate surface area is 147 Å². The first-order valence-corrected chi connectivity index (χ1v) is 7.90. The highest BCUT2D eigenvalue weighted by atomic mass is 16.5. The highest BCUT2D eigenvalue weighted by molar-refractivity contribution is 5.95. The Morgan fingerprint density at radius 1 is 1.00 bits per heavy atom. The van der Waals surface area contributed by atoms with Gasteiger partial charge < -0.3 is 20.1 Å². The summed E-state index contributed by atoms with van der Waals surface area (Å²) in [5, 5.41) is 5.51. The number of carbonyl (C=O) groups excluding carboxylic acids is 2. The summed E-state index contributed by atoms with van der Waals surface area (Å²) in [6.07, 6.45) is 0.914. The van der Waals surface area contributed by atoms with Crippen molar-refractivity contribution in [3.8, 4) is 11.5 Å². The SMILES string of the molecule is COc1cccc(CCC(=O)Nc2cc(NC(C)=O)ccc2OC)c1. The second kappa shape index (κ2) is 8.73. The molecular weight excluding hydrogens is 320 g/mol. The molecule has 0 aliphatic rings. The van der Waals surface area contributed by atoms with Crippen molar-refractivity contribution in [2.45, 2.75) is 19.8 Å². The average molecular weight is 342 g/mol. The summed E-state index contributed by atoms with van der Waals surface area (Å²) in [4.78, 5) is 23.4. The summed E-state index contributed by atoms with van der Waals surface area (Å²) in [7, 11) is 3.14. The minimum atomic E-state index is -0.180. The average Bonchev–Trinajstić information content (AvgIpc) is 2.60. The van der Waals surface area contributed by atoms with Crippen LogP contribution in [0.25, 0.3) is 0 Å². The quantitative estimate of drug-likeness (QED) is 0.810.